The molecule has 26 heavy (non-hydrogen) atoms. The number of carbonyl (C=O) groups is 3. The van der Waals surface area contributed by atoms with E-state index in [2.05, 4.69) is 0 Å². The maximum atomic E-state index is 13.0. The molecule has 0 saturated carbocycles. The third kappa shape index (κ3) is 3.75. The molecule has 0 aliphatic carbocycles. The number of carboxylic acid groups (broad SMARTS) is 1. The summed E-state index contributed by atoms with van der Waals surface area (Å²) in [7, 11) is 0. The Morgan fingerprint density at radius 3 is 2.54 bits per heavy atom. The standard InChI is InChI=1S/C18H12FNO5S/c19-12-5-7-13(8-6-12)20-17(23)15(26-18(20)24)9-11-3-1-2-4-14(11)25-10-16(21)22/h1-9H,10H2,(H,21,22)/b15-9+. The van der Waals surface area contributed by atoms with Crippen molar-refractivity contribution >= 4 is 40.6 Å². The van der Waals surface area contributed by atoms with Crippen molar-refractivity contribution in [2.24, 2.45) is 0 Å². The van der Waals surface area contributed by atoms with Crippen LogP contribution in [-0.2, 0) is 9.59 Å². The van der Waals surface area contributed by atoms with Gasteiger partial charge in [0.1, 0.15) is 11.6 Å². The molecule has 1 saturated heterocycles. The van der Waals surface area contributed by atoms with Crippen LogP contribution >= 0.6 is 11.8 Å². The van der Waals surface area contributed by atoms with Crippen LogP contribution in [0.3, 0.4) is 0 Å². The maximum Gasteiger partial charge on any atom is 0.341 e. The Balaban J connectivity index is 1.89. The highest BCUT2D eigenvalue weighted by Gasteiger charge is 2.36. The average molecular weight is 373 g/mol. The zero-order valence-electron chi connectivity index (χ0n) is 13.2. The van der Waals surface area contributed by atoms with Crippen LogP contribution in [0.4, 0.5) is 14.9 Å². The normalized spacial score (nSPS) is 15.6. The second kappa shape index (κ2) is 7.40. The van der Waals surface area contributed by atoms with E-state index in [9.17, 15) is 18.8 Å². The van der Waals surface area contributed by atoms with Gasteiger partial charge in [0.2, 0.25) is 0 Å². The summed E-state index contributed by atoms with van der Waals surface area (Å²) < 4.78 is 18.2. The third-order valence-electron chi connectivity index (χ3n) is 3.44. The monoisotopic (exact) mass is 373 g/mol. The highest BCUT2D eigenvalue weighted by Crippen LogP contribution is 2.36. The number of ether oxygens (including phenoxy) is 1. The second-order valence-electron chi connectivity index (χ2n) is 5.21. The fraction of sp³-hybridized carbons (Fsp3) is 0.0556. The summed E-state index contributed by atoms with van der Waals surface area (Å²) in [5.74, 6) is -1.86. The first kappa shape index (κ1) is 17.7. The smallest absolute Gasteiger partial charge is 0.341 e. The van der Waals surface area contributed by atoms with E-state index >= 15 is 0 Å². The van der Waals surface area contributed by atoms with Crippen molar-refractivity contribution in [1.82, 2.24) is 0 Å². The number of anilines is 1. The Bertz CT molecular complexity index is 910. The third-order valence-corrected chi connectivity index (χ3v) is 4.30. The van der Waals surface area contributed by atoms with Gasteiger partial charge in [0.15, 0.2) is 6.61 Å². The van der Waals surface area contributed by atoms with Crippen LogP contribution in [0.15, 0.2) is 53.4 Å². The van der Waals surface area contributed by atoms with Gasteiger partial charge < -0.3 is 9.84 Å². The molecule has 2 amide bonds. The molecule has 0 radical (unpaired) electrons. The number of hydrogen-bond donors (Lipinski definition) is 1. The molecule has 0 bridgehead atoms. The molecule has 2 aromatic carbocycles. The Morgan fingerprint density at radius 1 is 1.15 bits per heavy atom. The van der Waals surface area contributed by atoms with Gasteiger partial charge in [-0.15, -0.1) is 0 Å². The predicted molar refractivity (Wildman–Crippen MR) is 94.4 cm³/mol. The Kier molecular flexibility index (Phi) is 5.04. The largest absolute Gasteiger partial charge is 0.481 e. The number of nitrogens with zero attached hydrogens (tertiary/aromatic N) is 1. The summed E-state index contributed by atoms with van der Waals surface area (Å²) in [6.45, 7) is -0.526. The topological polar surface area (TPSA) is 83.9 Å². The van der Waals surface area contributed by atoms with Gasteiger partial charge in [-0.2, -0.15) is 0 Å². The summed E-state index contributed by atoms with van der Waals surface area (Å²) in [6, 6.07) is 11.6. The van der Waals surface area contributed by atoms with Gasteiger partial charge in [0.05, 0.1) is 10.6 Å². The fourth-order valence-electron chi connectivity index (χ4n) is 2.29. The van der Waals surface area contributed by atoms with Crippen molar-refractivity contribution in [2.75, 3.05) is 11.5 Å². The number of hydrogen-bond acceptors (Lipinski definition) is 5. The molecule has 0 aromatic heterocycles. The van der Waals surface area contributed by atoms with E-state index in [1.807, 2.05) is 0 Å². The molecule has 132 valence electrons. The van der Waals surface area contributed by atoms with E-state index < -0.39 is 29.5 Å². The first-order chi connectivity index (χ1) is 12.5. The van der Waals surface area contributed by atoms with E-state index in [0.29, 0.717) is 5.56 Å². The molecule has 2 aromatic rings. The summed E-state index contributed by atoms with van der Waals surface area (Å²) in [4.78, 5) is 36.5. The fourth-order valence-corrected chi connectivity index (χ4v) is 3.12. The second-order valence-corrected chi connectivity index (χ2v) is 6.21. The van der Waals surface area contributed by atoms with Crippen LogP contribution in [0.1, 0.15) is 5.56 Å². The van der Waals surface area contributed by atoms with Crippen LogP contribution in [0.25, 0.3) is 6.08 Å². The molecule has 1 aliphatic heterocycles. The number of aliphatic carboxylic acids is 1. The number of imide groups is 1. The highest BCUT2D eigenvalue weighted by atomic mass is 32.2. The van der Waals surface area contributed by atoms with Crippen LogP contribution in [0, 0.1) is 5.82 Å². The zero-order chi connectivity index (χ0) is 18.7. The molecular formula is C18H12FNO5S. The number of carboxylic acids is 1. The molecule has 6 nitrogen and oxygen atoms in total. The average Bonchev–Trinajstić information content (AvgIpc) is 2.89. The number of amides is 2. The van der Waals surface area contributed by atoms with Gasteiger partial charge in [-0.3, -0.25) is 9.59 Å². The van der Waals surface area contributed by atoms with Gasteiger partial charge >= 0.3 is 5.97 Å². The van der Waals surface area contributed by atoms with Gasteiger partial charge in [0.25, 0.3) is 11.1 Å². The van der Waals surface area contributed by atoms with E-state index in [1.54, 1.807) is 24.3 Å². The molecule has 1 N–H and O–H groups in total. The van der Waals surface area contributed by atoms with Crippen molar-refractivity contribution in [3.63, 3.8) is 0 Å². The zero-order valence-corrected chi connectivity index (χ0v) is 14.0. The number of thioether (sulfide) groups is 1. The highest BCUT2D eigenvalue weighted by molar-refractivity contribution is 8.19. The molecule has 1 fully saturated rings. The van der Waals surface area contributed by atoms with E-state index in [-0.39, 0.29) is 16.3 Å². The molecular weight excluding hydrogens is 361 g/mol. The van der Waals surface area contributed by atoms with E-state index in [1.165, 1.54) is 18.2 Å². The SMILES string of the molecule is O=C(O)COc1ccccc1/C=C1/SC(=O)N(c2ccc(F)cc2)C1=O. The van der Waals surface area contributed by atoms with Crippen LogP contribution in [0.2, 0.25) is 0 Å². The minimum atomic E-state index is -1.13. The van der Waals surface area contributed by atoms with Crippen LogP contribution < -0.4 is 9.64 Å². The minimum Gasteiger partial charge on any atom is -0.481 e. The first-order valence-electron chi connectivity index (χ1n) is 7.43. The summed E-state index contributed by atoms with van der Waals surface area (Å²) >= 11 is 0.742. The summed E-state index contributed by atoms with van der Waals surface area (Å²) in [5, 5.41) is 8.23. The molecule has 3 rings (SSSR count). The van der Waals surface area contributed by atoms with Gasteiger partial charge in [-0.05, 0) is 48.2 Å². The quantitative estimate of drug-likeness (QED) is 0.807. The molecule has 0 unspecified atom stereocenters. The Hall–Kier alpha value is -3.13. The number of benzene rings is 2. The number of carbonyl (C=O) groups excluding carboxylic acids is 2. The van der Waals surface area contributed by atoms with Crippen molar-refractivity contribution in [3.05, 3.63) is 64.8 Å². The lowest BCUT2D eigenvalue weighted by Gasteiger charge is -2.12. The predicted octanol–water partition coefficient (Wildman–Crippen LogP) is 3.53. The molecule has 0 spiro atoms. The number of halogens is 1. The number of para-hydroxylation sites is 1. The minimum absolute atomic E-state index is 0.158. The van der Waals surface area contributed by atoms with Crippen LogP contribution in [0.5, 0.6) is 5.75 Å². The van der Waals surface area contributed by atoms with E-state index in [4.69, 9.17) is 9.84 Å². The van der Waals surface area contributed by atoms with E-state index in [0.717, 1.165) is 28.8 Å². The lowest BCUT2D eigenvalue weighted by molar-refractivity contribution is -0.139. The lowest BCUT2D eigenvalue weighted by atomic mass is 10.2. The maximum absolute atomic E-state index is 13.0. The summed E-state index contributed by atoms with van der Waals surface area (Å²) in [6.07, 6.45) is 1.46. The first-order valence-corrected chi connectivity index (χ1v) is 8.24. The Labute approximate surface area is 151 Å². The Morgan fingerprint density at radius 2 is 1.85 bits per heavy atom. The molecule has 1 heterocycles. The van der Waals surface area contributed by atoms with Crippen molar-refractivity contribution in [2.45, 2.75) is 0 Å². The van der Waals surface area contributed by atoms with Crippen LogP contribution in [-0.4, -0.2) is 28.8 Å². The van der Waals surface area contributed by atoms with Crippen molar-refractivity contribution in [1.29, 1.82) is 0 Å². The molecule has 0 atom stereocenters. The number of rotatable bonds is 5. The van der Waals surface area contributed by atoms with Gasteiger partial charge in [-0.1, -0.05) is 18.2 Å². The molecule has 8 heteroatoms. The van der Waals surface area contributed by atoms with Gasteiger partial charge in [0, 0.05) is 5.56 Å². The van der Waals surface area contributed by atoms with Crippen molar-refractivity contribution in [3.8, 4) is 5.75 Å². The van der Waals surface area contributed by atoms with Crippen molar-refractivity contribution < 1.29 is 28.6 Å². The summed E-state index contributed by atoms with van der Waals surface area (Å²) in [5.41, 5.74) is 0.742. The van der Waals surface area contributed by atoms with Gasteiger partial charge in [-0.25, -0.2) is 14.1 Å². The lowest BCUT2D eigenvalue weighted by Crippen LogP contribution is -2.27. The molecule has 1 aliphatic rings.